The van der Waals surface area contributed by atoms with Gasteiger partial charge in [0.25, 0.3) is 0 Å². The number of allylic oxidation sites excluding steroid dienone is 2. The summed E-state index contributed by atoms with van der Waals surface area (Å²) in [7, 11) is 0. The molecule has 1 N–H and O–H groups in total. The largest absolute Gasteiger partial charge is 0.361 e. The van der Waals surface area contributed by atoms with Crippen molar-refractivity contribution in [2.75, 3.05) is 0 Å². The molecule has 0 aliphatic rings. The maximum atomic E-state index is 5.21. The first-order chi connectivity index (χ1) is 6.29. The number of H-pyrrole nitrogens is 1. The van der Waals surface area contributed by atoms with Crippen molar-refractivity contribution >= 4 is 24.4 Å². The van der Waals surface area contributed by atoms with Crippen LogP contribution in [0.25, 0.3) is 12.2 Å². The van der Waals surface area contributed by atoms with Gasteiger partial charge in [0.05, 0.1) is 0 Å². The molecule has 0 saturated carbocycles. The van der Waals surface area contributed by atoms with Crippen LogP contribution in [0, 0.1) is 4.51 Å². The van der Waals surface area contributed by atoms with Crippen molar-refractivity contribution in [1.82, 2.24) is 4.98 Å². The average molecular weight is 191 g/mol. The molecule has 0 aliphatic heterocycles. The molecule has 1 aromatic rings. The van der Waals surface area contributed by atoms with Gasteiger partial charge in [-0.1, -0.05) is 30.4 Å². The molecule has 0 fully saturated rings. The lowest BCUT2D eigenvalue weighted by molar-refractivity contribution is 1.27. The second-order valence-electron chi connectivity index (χ2n) is 2.67. The summed E-state index contributed by atoms with van der Waals surface area (Å²) in [5.74, 6) is 0. The number of aromatic nitrogens is 1. The Hall–Kier alpha value is -1.15. The molecule has 68 valence electrons. The Labute approximate surface area is 83.8 Å². The molecule has 0 atom stereocenters. The van der Waals surface area contributed by atoms with E-state index in [1.807, 2.05) is 50.4 Å². The minimum atomic E-state index is 0.880. The fraction of sp³-hybridized carbons (Fsp3) is 0.182. The quantitative estimate of drug-likeness (QED) is 0.703. The van der Waals surface area contributed by atoms with Gasteiger partial charge in [-0.15, -0.1) is 0 Å². The summed E-state index contributed by atoms with van der Waals surface area (Å²) < 4.78 is 0.880. The van der Waals surface area contributed by atoms with Gasteiger partial charge in [-0.05, 0) is 26.0 Å². The first-order valence-electron chi connectivity index (χ1n) is 4.26. The molecule has 0 bridgehead atoms. The zero-order chi connectivity index (χ0) is 9.68. The summed E-state index contributed by atoms with van der Waals surface area (Å²) in [6, 6.07) is 1.90. The van der Waals surface area contributed by atoms with Crippen LogP contribution in [0.1, 0.15) is 25.1 Å². The molecule has 1 nitrogen and oxygen atoms in total. The molecule has 1 rings (SSSR count). The van der Waals surface area contributed by atoms with Crippen LogP contribution >= 0.6 is 12.2 Å². The molecular formula is C11H13NS. The van der Waals surface area contributed by atoms with Gasteiger partial charge in [0, 0.05) is 22.0 Å². The zero-order valence-electron chi connectivity index (χ0n) is 7.87. The van der Waals surface area contributed by atoms with Crippen LogP contribution in [0.15, 0.2) is 24.4 Å². The molecule has 1 aromatic heterocycles. The van der Waals surface area contributed by atoms with Crippen LogP contribution < -0.4 is 0 Å². The smallest absolute Gasteiger partial charge is 0.0484 e. The third-order valence-electron chi connectivity index (χ3n) is 1.70. The summed E-state index contributed by atoms with van der Waals surface area (Å²) >= 11 is 5.21. The van der Waals surface area contributed by atoms with Gasteiger partial charge in [-0.3, -0.25) is 0 Å². The Kier molecular flexibility index (Phi) is 3.65. The number of hydrogen-bond acceptors (Lipinski definition) is 1. The third-order valence-corrected chi connectivity index (χ3v) is 2.05. The molecular weight excluding hydrogens is 178 g/mol. The van der Waals surface area contributed by atoms with E-state index in [0.29, 0.717) is 0 Å². The molecule has 0 aliphatic carbocycles. The van der Waals surface area contributed by atoms with Crippen molar-refractivity contribution in [3.8, 4) is 0 Å². The van der Waals surface area contributed by atoms with Crippen LogP contribution in [0.2, 0.25) is 0 Å². The van der Waals surface area contributed by atoms with Crippen LogP contribution in [0.4, 0.5) is 0 Å². The molecule has 0 aromatic carbocycles. The lowest BCUT2D eigenvalue weighted by atomic mass is 10.1. The van der Waals surface area contributed by atoms with E-state index < -0.39 is 0 Å². The first-order valence-corrected chi connectivity index (χ1v) is 4.67. The summed E-state index contributed by atoms with van der Waals surface area (Å²) in [5.41, 5.74) is 2.14. The molecule has 0 saturated heterocycles. The predicted octanol–water partition coefficient (Wildman–Crippen LogP) is 3.81. The minimum absolute atomic E-state index is 0.880. The van der Waals surface area contributed by atoms with Crippen molar-refractivity contribution in [2.45, 2.75) is 13.8 Å². The lowest BCUT2D eigenvalue weighted by Gasteiger charge is -2.00. The molecule has 0 spiro atoms. The number of aromatic amines is 1. The minimum Gasteiger partial charge on any atom is -0.361 e. The van der Waals surface area contributed by atoms with Crippen LogP contribution in [-0.4, -0.2) is 4.98 Å². The molecule has 0 unspecified atom stereocenters. The predicted molar refractivity (Wildman–Crippen MR) is 61.0 cm³/mol. The van der Waals surface area contributed by atoms with Crippen molar-refractivity contribution in [3.05, 3.63) is 40.2 Å². The number of rotatable bonds is 2. The first kappa shape index (κ1) is 9.93. The monoisotopic (exact) mass is 191 g/mol. The van der Waals surface area contributed by atoms with Crippen molar-refractivity contribution in [3.63, 3.8) is 0 Å². The van der Waals surface area contributed by atoms with Crippen molar-refractivity contribution < 1.29 is 0 Å². The second kappa shape index (κ2) is 4.77. The van der Waals surface area contributed by atoms with E-state index in [1.54, 1.807) is 0 Å². The maximum absolute atomic E-state index is 5.21. The van der Waals surface area contributed by atoms with Gasteiger partial charge in [0.1, 0.15) is 0 Å². The summed E-state index contributed by atoms with van der Waals surface area (Å²) in [5, 5.41) is 0. The lowest BCUT2D eigenvalue weighted by Crippen LogP contribution is -1.86. The van der Waals surface area contributed by atoms with E-state index in [9.17, 15) is 0 Å². The van der Waals surface area contributed by atoms with Gasteiger partial charge in [-0.2, -0.15) is 0 Å². The SMILES string of the molecule is C/C=C\c1c(/C=C/C)[nH]ccc1=S. The summed E-state index contributed by atoms with van der Waals surface area (Å²) in [6.07, 6.45) is 9.89. The molecule has 0 amide bonds. The highest BCUT2D eigenvalue weighted by Crippen LogP contribution is 2.11. The standard InChI is InChI=1S/C11H13NS/c1-3-5-9-10(6-4-2)12-8-7-11(9)13/h3-8H,1-2H3,(H,12,13)/b5-3-,6-4+. The van der Waals surface area contributed by atoms with Crippen LogP contribution in [-0.2, 0) is 0 Å². The highest BCUT2D eigenvalue weighted by atomic mass is 32.1. The Morgan fingerprint density at radius 3 is 2.54 bits per heavy atom. The van der Waals surface area contributed by atoms with Gasteiger partial charge in [0.15, 0.2) is 0 Å². The Morgan fingerprint density at radius 2 is 1.92 bits per heavy atom. The van der Waals surface area contributed by atoms with Crippen molar-refractivity contribution in [1.29, 1.82) is 0 Å². The molecule has 2 heteroatoms. The number of nitrogens with one attached hydrogen (secondary N) is 1. The number of hydrogen-bond donors (Lipinski definition) is 1. The van der Waals surface area contributed by atoms with E-state index in [1.165, 1.54) is 0 Å². The molecule has 13 heavy (non-hydrogen) atoms. The fourth-order valence-electron chi connectivity index (χ4n) is 1.15. The zero-order valence-corrected chi connectivity index (χ0v) is 8.69. The molecule has 1 heterocycles. The van der Waals surface area contributed by atoms with Gasteiger partial charge < -0.3 is 4.98 Å². The van der Waals surface area contributed by atoms with Gasteiger partial charge >= 0.3 is 0 Å². The van der Waals surface area contributed by atoms with Gasteiger partial charge in [0.2, 0.25) is 0 Å². The highest BCUT2D eigenvalue weighted by molar-refractivity contribution is 7.71. The summed E-state index contributed by atoms with van der Waals surface area (Å²) in [4.78, 5) is 3.16. The second-order valence-corrected chi connectivity index (χ2v) is 3.11. The highest BCUT2D eigenvalue weighted by Gasteiger charge is 1.95. The Morgan fingerprint density at radius 1 is 1.23 bits per heavy atom. The normalized spacial score (nSPS) is 11.5. The van der Waals surface area contributed by atoms with E-state index in [0.717, 1.165) is 15.8 Å². The third kappa shape index (κ3) is 2.39. The van der Waals surface area contributed by atoms with E-state index in [2.05, 4.69) is 4.98 Å². The van der Waals surface area contributed by atoms with Crippen molar-refractivity contribution in [2.24, 2.45) is 0 Å². The topological polar surface area (TPSA) is 15.8 Å². The van der Waals surface area contributed by atoms with Gasteiger partial charge in [-0.25, -0.2) is 0 Å². The number of pyridine rings is 1. The molecule has 0 radical (unpaired) electrons. The van der Waals surface area contributed by atoms with E-state index >= 15 is 0 Å². The summed E-state index contributed by atoms with van der Waals surface area (Å²) in [6.45, 7) is 3.98. The van der Waals surface area contributed by atoms with Crippen LogP contribution in [0.3, 0.4) is 0 Å². The maximum Gasteiger partial charge on any atom is 0.0484 e. The average Bonchev–Trinajstić information content (AvgIpc) is 2.11. The fourth-order valence-corrected chi connectivity index (χ4v) is 1.40. The van der Waals surface area contributed by atoms with E-state index in [-0.39, 0.29) is 0 Å². The Bertz CT molecular complexity index is 385. The van der Waals surface area contributed by atoms with E-state index in [4.69, 9.17) is 12.2 Å². The Balaban J connectivity index is 3.33. The van der Waals surface area contributed by atoms with Crippen LogP contribution in [0.5, 0.6) is 0 Å².